The Balaban J connectivity index is 2.43. The molecular formula is C20H26O2. The molecule has 2 nitrogen and oxygen atoms in total. The molecule has 0 bridgehead atoms. The normalized spacial score (nSPS) is 12.1. The first-order valence-corrected chi connectivity index (χ1v) is 7.62. The van der Waals surface area contributed by atoms with Crippen LogP contribution in [-0.2, 0) is 10.8 Å². The lowest BCUT2D eigenvalue weighted by Crippen LogP contribution is -2.40. The van der Waals surface area contributed by atoms with Crippen LogP contribution in [0.3, 0.4) is 0 Å². The van der Waals surface area contributed by atoms with Crippen LogP contribution in [0.25, 0.3) is 0 Å². The molecule has 0 radical (unpaired) electrons. The third-order valence-electron chi connectivity index (χ3n) is 5.17. The van der Waals surface area contributed by atoms with Gasteiger partial charge in [0.25, 0.3) is 0 Å². The van der Waals surface area contributed by atoms with Gasteiger partial charge in [-0.25, -0.2) is 0 Å². The number of benzene rings is 2. The Kier molecular flexibility index (Phi) is 4.50. The highest BCUT2D eigenvalue weighted by molar-refractivity contribution is 5.41. The van der Waals surface area contributed by atoms with E-state index in [2.05, 4.69) is 58.0 Å². The van der Waals surface area contributed by atoms with Gasteiger partial charge in [0.15, 0.2) is 0 Å². The van der Waals surface area contributed by atoms with E-state index in [1.165, 1.54) is 11.1 Å². The van der Waals surface area contributed by atoms with Crippen LogP contribution in [0.5, 0.6) is 11.5 Å². The topological polar surface area (TPSA) is 18.5 Å². The Labute approximate surface area is 134 Å². The molecule has 0 aliphatic rings. The quantitative estimate of drug-likeness (QED) is 0.777. The minimum Gasteiger partial charge on any atom is -0.497 e. The second-order valence-corrected chi connectivity index (χ2v) is 6.71. The van der Waals surface area contributed by atoms with E-state index in [0.29, 0.717) is 0 Å². The van der Waals surface area contributed by atoms with Gasteiger partial charge in [0.1, 0.15) is 11.5 Å². The second kappa shape index (κ2) is 6.04. The molecule has 2 rings (SSSR count). The van der Waals surface area contributed by atoms with Crippen molar-refractivity contribution >= 4 is 0 Å². The summed E-state index contributed by atoms with van der Waals surface area (Å²) in [6, 6.07) is 16.7. The van der Waals surface area contributed by atoms with Crippen LogP contribution in [0.2, 0.25) is 0 Å². The number of ether oxygens (including phenoxy) is 2. The monoisotopic (exact) mass is 298 g/mol. The Morgan fingerprint density at radius 1 is 0.636 bits per heavy atom. The average molecular weight is 298 g/mol. The number of rotatable bonds is 5. The van der Waals surface area contributed by atoms with E-state index in [4.69, 9.17) is 9.47 Å². The maximum atomic E-state index is 5.38. The van der Waals surface area contributed by atoms with Crippen LogP contribution in [0, 0.1) is 0 Å². The molecule has 0 atom stereocenters. The summed E-state index contributed by atoms with van der Waals surface area (Å²) in [5.74, 6) is 1.79. The van der Waals surface area contributed by atoms with Crippen molar-refractivity contribution in [3.8, 4) is 11.5 Å². The van der Waals surface area contributed by atoms with E-state index >= 15 is 0 Å². The maximum absolute atomic E-state index is 5.38. The molecule has 0 N–H and O–H groups in total. The van der Waals surface area contributed by atoms with E-state index in [9.17, 15) is 0 Å². The van der Waals surface area contributed by atoms with Gasteiger partial charge in [0.2, 0.25) is 0 Å². The third-order valence-corrected chi connectivity index (χ3v) is 5.17. The molecule has 0 aromatic heterocycles. The number of hydrogen-bond donors (Lipinski definition) is 0. The zero-order valence-electron chi connectivity index (χ0n) is 14.4. The lowest BCUT2D eigenvalue weighted by atomic mass is 9.61. The lowest BCUT2D eigenvalue weighted by Gasteiger charge is -2.43. The SMILES string of the molecule is COc1ccc(C(C)(C)C(C)(C)c2cccc(OC)c2)cc1. The van der Waals surface area contributed by atoms with E-state index < -0.39 is 0 Å². The first-order valence-electron chi connectivity index (χ1n) is 7.62. The molecule has 0 aliphatic heterocycles. The molecule has 0 amide bonds. The van der Waals surface area contributed by atoms with E-state index in [0.717, 1.165) is 11.5 Å². The number of hydrogen-bond acceptors (Lipinski definition) is 2. The van der Waals surface area contributed by atoms with Crippen LogP contribution in [0.1, 0.15) is 38.8 Å². The minimum atomic E-state index is -0.0455. The van der Waals surface area contributed by atoms with E-state index in [1.807, 2.05) is 18.2 Å². The Morgan fingerprint density at radius 2 is 1.18 bits per heavy atom. The molecule has 0 fully saturated rings. The van der Waals surface area contributed by atoms with Crippen LogP contribution in [0.15, 0.2) is 48.5 Å². The minimum absolute atomic E-state index is 0.0361. The fourth-order valence-corrected chi connectivity index (χ4v) is 2.74. The van der Waals surface area contributed by atoms with Crippen molar-refractivity contribution in [2.45, 2.75) is 38.5 Å². The lowest BCUT2D eigenvalue weighted by molar-refractivity contribution is 0.301. The average Bonchev–Trinajstić information content (AvgIpc) is 2.54. The summed E-state index contributed by atoms with van der Waals surface area (Å²) < 4.78 is 10.6. The predicted octanol–water partition coefficient (Wildman–Crippen LogP) is 4.96. The summed E-state index contributed by atoms with van der Waals surface area (Å²) in [5, 5.41) is 0. The Bertz CT molecular complexity index is 624. The van der Waals surface area contributed by atoms with Crippen LogP contribution >= 0.6 is 0 Å². The van der Waals surface area contributed by atoms with Gasteiger partial charge in [-0.1, -0.05) is 52.0 Å². The smallest absolute Gasteiger partial charge is 0.119 e. The highest BCUT2D eigenvalue weighted by Crippen LogP contribution is 2.44. The maximum Gasteiger partial charge on any atom is 0.119 e. The summed E-state index contributed by atoms with van der Waals surface area (Å²) in [4.78, 5) is 0. The molecule has 2 aromatic rings. The van der Waals surface area contributed by atoms with Crippen molar-refractivity contribution in [3.05, 3.63) is 59.7 Å². The summed E-state index contributed by atoms with van der Waals surface area (Å²) in [6.07, 6.45) is 0. The van der Waals surface area contributed by atoms with E-state index in [-0.39, 0.29) is 10.8 Å². The van der Waals surface area contributed by atoms with Crippen molar-refractivity contribution in [3.63, 3.8) is 0 Å². The molecule has 0 unspecified atom stereocenters. The fraction of sp³-hybridized carbons (Fsp3) is 0.400. The van der Waals surface area contributed by atoms with Gasteiger partial charge in [-0.15, -0.1) is 0 Å². The molecule has 0 aliphatic carbocycles. The zero-order valence-corrected chi connectivity index (χ0v) is 14.4. The van der Waals surface area contributed by atoms with Gasteiger partial charge >= 0.3 is 0 Å². The second-order valence-electron chi connectivity index (χ2n) is 6.71. The van der Waals surface area contributed by atoms with Crippen LogP contribution < -0.4 is 9.47 Å². The molecule has 22 heavy (non-hydrogen) atoms. The predicted molar refractivity (Wildman–Crippen MR) is 92.0 cm³/mol. The van der Waals surface area contributed by atoms with Crippen LogP contribution in [0.4, 0.5) is 0 Å². The standard InChI is InChI=1S/C20H26O2/c1-19(2,15-10-12-17(21-5)13-11-15)20(3,4)16-8-7-9-18(14-16)22-6/h7-14H,1-6H3. The summed E-state index contributed by atoms with van der Waals surface area (Å²) in [6.45, 7) is 9.14. The first kappa shape index (κ1) is 16.4. The molecule has 2 heteroatoms. The van der Waals surface area contributed by atoms with Crippen LogP contribution in [-0.4, -0.2) is 14.2 Å². The molecule has 0 spiro atoms. The third kappa shape index (κ3) is 2.83. The molecule has 2 aromatic carbocycles. The Morgan fingerprint density at radius 3 is 1.73 bits per heavy atom. The van der Waals surface area contributed by atoms with Crippen molar-refractivity contribution in [1.29, 1.82) is 0 Å². The molecule has 0 heterocycles. The van der Waals surface area contributed by atoms with E-state index in [1.54, 1.807) is 14.2 Å². The van der Waals surface area contributed by atoms with Gasteiger partial charge in [-0.2, -0.15) is 0 Å². The molecule has 0 saturated heterocycles. The van der Waals surface area contributed by atoms with Gasteiger partial charge in [0.05, 0.1) is 14.2 Å². The van der Waals surface area contributed by atoms with Crippen molar-refractivity contribution < 1.29 is 9.47 Å². The van der Waals surface area contributed by atoms with Gasteiger partial charge in [-0.3, -0.25) is 0 Å². The largest absolute Gasteiger partial charge is 0.497 e. The number of methoxy groups -OCH3 is 2. The highest BCUT2D eigenvalue weighted by Gasteiger charge is 2.39. The fourth-order valence-electron chi connectivity index (χ4n) is 2.74. The summed E-state index contributed by atoms with van der Waals surface area (Å²) >= 11 is 0. The Hall–Kier alpha value is -1.96. The zero-order chi connectivity index (χ0) is 16.4. The van der Waals surface area contributed by atoms with Gasteiger partial charge in [-0.05, 0) is 46.2 Å². The first-order chi connectivity index (χ1) is 10.3. The summed E-state index contributed by atoms with van der Waals surface area (Å²) in [7, 11) is 3.40. The van der Waals surface area contributed by atoms with Gasteiger partial charge in [0, 0.05) is 0 Å². The summed E-state index contributed by atoms with van der Waals surface area (Å²) in [5.41, 5.74) is 2.48. The van der Waals surface area contributed by atoms with Crippen molar-refractivity contribution in [1.82, 2.24) is 0 Å². The highest BCUT2D eigenvalue weighted by atomic mass is 16.5. The molecule has 0 saturated carbocycles. The molecule has 118 valence electrons. The van der Waals surface area contributed by atoms with Crippen molar-refractivity contribution in [2.75, 3.05) is 14.2 Å². The molecular weight excluding hydrogens is 272 g/mol. The van der Waals surface area contributed by atoms with Crippen molar-refractivity contribution in [2.24, 2.45) is 0 Å². The van der Waals surface area contributed by atoms with Gasteiger partial charge < -0.3 is 9.47 Å².